The molecule has 0 aliphatic carbocycles. The fraction of sp³-hybridized carbons (Fsp3) is 0.286. The Bertz CT molecular complexity index is 336. The smallest absolute Gasteiger partial charge is 0.313 e. The number of methoxy groups -OCH3 is 1. The van der Waals surface area contributed by atoms with Crippen molar-refractivity contribution in [1.29, 1.82) is 0 Å². The molecule has 0 fully saturated rings. The molecule has 0 amide bonds. The SMILES string of the molecule is COC(=O)CC(=O)c1csc(Br)n1. The fourth-order valence-electron chi connectivity index (χ4n) is 0.674. The maximum absolute atomic E-state index is 11.2. The molecular formula is C7H6BrNO3S. The summed E-state index contributed by atoms with van der Waals surface area (Å²) in [6.07, 6.45) is -0.257. The van der Waals surface area contributed by atoms with Crippen LogP contribution in [0.25, 0.3) is 0 Å². The molecule has 1 rings (SSSR count). The monoisotopic (exact) mass is 263 g/mol. The Morgan fingerprint density at radius 1 is 1.69 bits per heavy atom. The molecule has 0 bridgehead atoms. The van der Waals surface area contributed by atoms with Gasteiger partial charge in [-0.05, 0) is 15.9 Å². The van der Waals surface area contributed by atoms with Crippen molar-refractivity contribution in [2.45, 2.75) is 6.42 Å². The fourth-order valence-corrected chi connectivity index (χ4v) is 1.69. The summed E-state index contributed by atoms with van der Waals surface area (Å²) in [5.41, 5.74) is 0.294. The molecule has 4 nitrogen and oxygen atoms in total. The lowest BCUT2D eigenvalue weighted by Crippen LogP contribution is -2.09. The highest BCUT2D eigenvalue weighted by Crippen LogP contribution is 2.16. The topological polar surface area (TPSA) is 56.3 Å². The molecule has 1 aromatic rings. The number of esters is 1. The van der Waals surface area contributed by atoms with Crippen LogP contribution in [0.5, 0.6) is 0 Å². The highest BCUT2D eigenvalue weighted by atomic mass is 79.9. The molecule has 0 atom stereocenters. The molecule has 0 spiro atoms. The van der Waals surface area contributed by atoms with Gasteiger partial charge in [0.25, 0.3) is 0 Å². The van der Waals surface area contributed by atoms with Gasteiger partial charge in [-0.2, -0.15) is 0 Å². The van der Waals surface area contributed by atoms with Crippen LogP contribution in [0.2, 0.25) is 0 Å². The van der Waals surface area contributed by atoms with Gasteiger partial charge in [-0.25, -0.2) is 4.98 Å². The van der Waals surface area contributed by atoms with Crippen molar-refractivity contribution >= 4 is 39.0 Å². The van der Waals surface area contributed by atoms with Crippen LogP contribution >= 0.6 is 27.3 Å². The van der Waals surface area contributed by atoms with Crippen LogP contribution in [0.4, 0.5) is 0 Å². The first kappa shape index (κ1) is 10.3. The second-order valence-corrected chi connectivity index (χ2v) is 4.30. The van der Waals surface area contributed by atoms with E-state index in [4.69, 9.17) is 0 Å². The summed E-state index contributed by atoms with van der Waals surface area (Å²) in [5.74, 6) is -0.872. The van der Waals surface area contributed by atoms with Crippen molar-refractivity contribution in [3.05, 3.63) is 15.0 Å². The van der Waals surface area contributed by atoms with Crippen LogP contribution in [0.3, 0.4) is 0 Å². The van der Waals surface area contributed by atoms with E-state index in [1.165, 1.54) is 18.4 Å². The molecule has 0 aromatic carbocycles. The number of rotatable bonds is 3. The minimum absolute atomic E-state index is 0.257. The van der Waals surface area contributed by atoms with Gasteiger partial charge in [-0.1, -0.05) is 0 Å². The summed E-state index contributed by atoms with van der Waals surface area (Å²) >= 11 is 4.42. The van der Waals surface area contributed by atoms with Gasteiger partial charge in [0.2, 0.25) is 0 Å². The third-order valence-corrected chi connectivity index (χ3v) is 2.66. The second kappa shape index (κ2) is 4.48. The zero-order chi connectivity index (χ0) is 9.84. The summed E-state index contributed by atoms with van der Waals surface area (Å²) in [6, 6.07) is 0. The van der Waals surface area contributed by atoms with Gasteiger partial charge in [-0.3, -0.25) is 9.59 Å². The van der Waals surface area contributed by atoms with Crippen molar-refractivity contribution in [2.24, 2.45) is 0 Å². The standard InChI is InChI=1S/C7H6BrNO3S/c1-12-6(11)2-5(10)4-3-13-7(8)9-4/h3H,2H2,1H3. The van der Waals surface area contributed by atoms with Crippen LogP contribution in [-0.2, 0) is 9.53 Å². The number of aromatic nitrogens is 1. The van der Waals surface area contributed by atoms with E-state index in [0.29, 0.717) is 9.61 Å². The number of nitrogens with zero attached hydrogens (tertiary/aromatic N) is 1. The second-order valence-electron chi connectivity index (χ2n) is 2.16. The number of carbonyl (C=O) groups excluding carboxylic acids is 2. The van der Waals surface area contributed by atoms with Gasteiger partial charge in [0.1, 0.15) is 12.1 Å². The number of halogens is 1. The number of ether oxygens (including phenoxy) is 1. The molecule has 0 radical (unpaired) electrons. The van der Waals surface area contributed by atoms with Gasteiger partial charge in [0, 0.05) is 5.38 Å². The van der Waals surface area contributed by atoms with Crippen LogP contribution in [0.15, 0.2) is 9.30 Å². The quantitative estimate of drug-likeness (QED) is 0.473. The van der Waals surface area contributed by atoms with Gasteiger partial charge in [-0.15, -0.1) is 11.3 Å². The zero-order valence-corrected chi connectivity index (χ0v) is 9.15. The van der Waals surface area contributed by atoms with E-state index in [1.807, 2.05) is 0 Å². The Morgan fingerprint density at radius 2 is 2.38 bits per heavy atom. The number of ketones is 1. The number of carbonyl (C=O) groups is 2. The van der Waals surface area contributed by atoms with Crippen LogP contribution in [-0.4, -0.2) is 23.8 Å². The molecule has 1 heterocycles. The van der Waals surface area contributed by atoms with Crippen molar-refractivity contribution in [3.8, 4) is 0 Å². The number of hydrogen-bond donors (Lipinski definition) is 0. The molecule has 0 saturated heterocycles. The lowest BCUT2D eigenvalue weighted by atomic mass is 10.2. The summed E-state index contributed by atoms with van der Waals surface area (Å²) in [4.78, 5) is 25.8. The van der Waals surface area contributed by atoms with Crippen LogP contribution in [0, 0.1) is 0 Å². The van der Waals surface area contributed by atoms with E-state index >= 15 is 0 Å². The predicted molar refractivity (Wildman–Crippen MR) is 50.8 cm³/mol. The van der Waals surface area contributed by atoms with Crippen LogP contribution < -0.4 is 0 Å². The first-order valence-electron chi connectivity index (χ1n) is 3.34. The summed E-state index contributed by atoms with van der Waals surface area (Å²) < 4.78 is 4.98. The molecule has 6 heteroatoms. The van der Waals surface area contributed by atoms with Gasteiger partial charge < -0.3 is 4.74 Å². The van der Waals surface area contributed by atoms with Crippen molar-refractivity contribution in [1.82, 2.24) is 4.98 Å². The van der Waals surface area contributed by atoms with Crippen molar-refractivity contribution in [3.63, 3.8) is 0 Å². The lowest BCUT2D eigenvalue weighted by Gasteiger charge is -1.94. The summed E-state index contributed by atoms with van der Waals surface area (Å²) in [6.45, 7) is 0. The molecule has 1 aromatic heterocycles. The van der Waals surface area contributed by atoms with E-state index < -0.39 is 5.97 Å². The summed E-state index contributed by atoms with van der Waals surface area (Å²) in [7, 11) is 1.24. The van der Waals surface area contributed by atoms with E-state index in [0.717, 1.165) is 0 Å². The van der Waals surface area contributed by atoms with E-state index in [-0.39, 0.29) is 12.2 Å². The molecule has 0 aliphatic heterocycles. The largest absolute Gasteiger partial charge is 0.469 e. The predicted octanol–water partition coefficient (Wildman–Crippen LogP) is 1.65. The van der Waals surface area contributed by atoms with E-state index in [1.54, 1.807) is 5.38 Å². The number of thiazole rings is 1. The maximum Gasteiger partial charge on any atom is 0.313 e. The van der Waals surface area contributed by atoms with Crippen molar-refractivity contribution in [2.75, 3.05) is 7.11 Å². The first-order chi connectivity index (χ1) is 6.13. The normalized spacial score (nSPS) is 9.69. The van der Waals surface area contributed by atoms with E-state index in [9.17, 15) is 9.59 Å². The van der Waals surface area contributed by atoms with Crippen molar-refractivity contribution < 1.29 is 14.3 Å². The third-order valence-electron chi connectivity index (χ3n) is 1.29. The average Bonchev–Trinajstić information content (AvgIpc) is 2.51. The van der Waals surface area contributed by atoms with Gasteiger partial charge in [0.05, 0.1) is 7.11 Å². The number of hydrogen-bond acceptors (Lipinski definition) is 5. The molecule has 70 valence electrons. The zero-order valence-electron chi connectivity index (χ0n) is 6.74. The first-order valence-corrected chi connectivity index (χ1v) is 5.02. The summed E-state index contributed by atoms with van der Waals surface area (Å²) in [5, 5.41) is 1.59. The Balaban J connectivity index is 2.64. The molecule has 0 N–H and O–H groups in total. The molecule has 13 heavy (non-hydrogen) atoms. The van der Waals surface area contributed by atoms with Crippen LogP contribution in [0.1, 0.15) is 16.9 Å². The molecule has 0 aliphatic rings. The van der Waals surface area contributed by atoms with Gasteiger partial charge in [0.15, 0.2) is 9.70 Å². The Kier molecular flexibility index (Phi) is 3.56. The molecule has 0 saturated carbocycles. The Morgan fingerprint density at radius 3 is 2.85 bits per heavy atom. The minimum Gasteiger partial charge on any atom is -0.469 e. The molecule has 0 unspecified atom stereocenters. The lowest BCUT2D eigenvalue weighted by molar-refractivity contribution is -0.139. The minimum atomic E-state index is -0.547. The molecular weight excluding hydrogens is 258 g/mol. The highest BCUT2D eigenvalue weighted by Gasteiger charge is 2.14. The highest BCUT2D eigenvalue weighted by molar-refractivity contribution is 9.11. The Labute approximate surface area is 87.1 Å². The Hall–Kier alpha value is -0.750. The maximum atomic E-state index is 11.2. The van der Waals surface area contributed by atoms with Gasteiger partial charge >= 0.3 is 5.97 Å². The van der Waals surface area contributed by atoms with E-state index in [2.05, 4.69) is 25.7 Å². The average molecular weight is 264 g/mol. The third kappa shape index (κ3) is 2.89. The number of Topliss-reactive ketones (excluding diaryl/α,β-unsaturated/α-hetero) is 1.